The Balaban J connectivity index is 1.92. The molecule has 0 aliphatic rings. The standard InChI is InChI=1S/C16H16BrNS2/c1-2-18-14(16-13(17)7-8-19-16)9-11-10-20-15-6-4-3-5-12(11)15/h3-8,10,14,18H,2,9H2,1H3. The van der Waals surface area contributed by atoms with Gasteiger partial charge in [0.05, 0.1) is 0 Å². The number of fused-ring (bicyclic) bond motifs is 1. The maximum Gasteiger partial charge on any atom is 0.0467 e. The molecule has 0 aliphatic heterocycles. The molecular weight excluding hydrogens is 350 g/mol. The van der Waals surface area contributed by atoms with E-state index < -0.39 is 0 Å². The summed E-state index contributed by atoms with van der Waals surface area (Å²) in [7, 11) is 0. The lowest BCUT2D eigenvalue weighted by Gasteiger charge is -2.17. The molecular formula is C16H16BrNS2. The molecule has 1 aromatic carbocycles. The van der Waals surface area contributed by atoms with Crippen molar-refractivity contribution < 1.29 is 0 Å². The molecule has 0 aliphatic carbocycles. The SMILES string of the molecule is CCNC(Cc1csc2ccccc12)c1sccc1Br. The summed E-state index contributed by atoms with van der Waals surface area (Å²) in [6, 6.07) is 11.2. The van der Waals surface area contributed by atoms with E-state index >= 15 is 0 Å². The lowest BCUT2D eigenvalue weighted by Crippen LogP contribution is -2.22. The number of halogens is 1. The van der Waals surface area contributed by atoms with Crippen LogP contribution in [0.1, 0.15) is 23.4 Å². The molecule has 0 fully saturated rings. The summed E-state index contributed by atoms with van der Waals surface area (Å²) in [6.07, 6.45) is 1.04. The van der Waals surface area contributed by atoms with Crippen LogP contribution in [0.3, 0.4) is 0 Å². The monoisotopic (exact) mass is 365 g/mol. The Morgan fingerprint density at radius 3 is 2.80 bits per heavy atom. The first-order valence-corrected chi connectivity index (χ1v) is 9.26. The van der Waals surface area contributed by atoms with Crippen molar-refractivity contribution in [2.45, 2.75) is 19.4 Å². The Kier molecular flexibility index (Phi) is 4.56. The van der Waals surface area contributed by atoms with Crippen LogP contribution in [0.4, 0.5) is 0 Å². The van der Waals surface area contributed by atoms with Gasteiger partial charge in [0, 0.05) is 20.1 Å². The minimum atomic E-state index is 0.382. The van der Waals surface area contributed by atoms with E-state index in [2.05, 4.69) is 69.3 Å². The zero-order valence-electron chi connectivity index (χ0n) is 11.2. The summed E-state index contributed by atoms with van der Waals surface area (Å²) in [5, 5.41) is 9.46. The second-order valence-electron chi connectivity index (χ2n) is 4.70. The summed E-state index contributed by atoms with van der Waals surface area (Å²) in [6.45, 7) is 3.15. The predicted molar refractivity (Wildman–Crippen MR) is 94.0 cm³/mol. The second kappa shape index (κ2) is 6.39. The average Bonchev–Trinajstić information content (AvgIpc) is 3.05. The van der Waals surface area contributed by atoms with Gasteiger partial charge in [-0.1, -0.05) is 25.1 Å². The van der Waals surface area contributed by atoms with Crippen molar-refractivity contribution in [2.24, 2.45) is 0 Å². The molecule has 1 unspecified atom stereocenters. The number of benzene rings is 1. The van der Waals surface area contributed by atoms with Gasteiger partial charge in [-0.2, -0.15) is 0 Å². The molecule has 104 valence electrons. The number of hydrogen-bond donors (Lipinski definition) is 1. The predicted octanol–water partition coefficient (Wildman–Crippen LogP) is 5.62. The molecule has 1 nitrogen and oxygen atoms in total. The number of rotatable bonds is 5. The minimum Gasteiger partial charge on any atom is -0.309 e. The molecule has 1 N–H and O–H groups in total. The number of thiophene rings is 2. The highest BCUT2D eigenvalue weighted by Crippen LogP contribution is 2.34. The first-order valence-electron chi connectivity index (χ1n) is 6.71. The summed E-state index contributed by atoms with van der Waals surface area (Å²) >= 11 is 7.32. The Hall–Kier alpha value is -0.680. The van der Waals surface area contributed by atoms with Crippen molar-refractivity contribution in [2.75, 3.05) is 6.54 Å². The molecule has 3 rings (SSSR count). The van der Waals surface area contributed by atoms with Gasteiger partial charge in [0.2, 0.25) is 0 Å². The molecule has 0 amide bonds. The Morgan fingerprint density at radius 1 is 1.20 bits per heavy atom. The average molecular weight is 366 g/mol. The first kappa shape index (κ1) is 14.3. The largest absolute Gasteiger partial charge is 0.309 e. The van der Waals surface area contributed by atoms with E-state index in [0.29, 0.717) is 6.04 Å². The van der Waals surface area contributed by atoms with Crippen molar-refractivity contribution in [1.82, 2.24) is 5.32 Å². The molecule has 0 radical (unpaired) electrons. The van der Waals surface area contributed by atoms with Gasteiger partial charge < -0.3 is 5.32 Å². The second-order valence-corrected chi connectivity index (χ2v) is 7.42. The third-order valence-electron chi connectivity index (χ3n) is 3.40. The van der Waals surface area contributed by atoms with Gasteiger partial charge in [0.15, 0.2) is 0 Å². The van der Waals surface area contributed by atoms with Crippen LogP contribution in [0.5, 0.6) is 0 Å². The van der Waals surface area contributed by atoms with Crippen LogP contribution >= 0.6 is 38.6 Å². The van der Waals surface area contributed by atoms with Crippen molar-refractivity contribution in [1.29, 1.82) is 0 Å². The lowest BCUT2D eigenvalue weighted by molar-refractivity contribution is 0.558. The molecule has 20 heavy (non-hydrogen) atoms. The highest BCUT2D eigenvalue weighted by atomic mass is 79.9. The molecule has 0 spiro atoms. The zero-order chi connectivity index (χ0) is 13.9. The van der Waals surface area contributed by atoms with Gasteiger partial charge in [0.25, 0.3) is 0 Å². The van der Waals surface area contributed by atoms with Gasteiger partial charge in [0.1, 0.15) is 0 Å². The van der Waals surface area contributed by atoms with E-state index in [1.165, 1.54) is 25.0 Å². The lowest BCUT2D eigenvalue weighted by atomic mass is 10.0. The van der Waals surface area contributed by atoms with E-state index in [-0.39, 0.29) is 0 Å². The molecule has 4 heteroatoms. The van der Waals surface area contributed by atoms with E-state index in [1.54, 1.807) is 0 Å². The van der Waals surface area contributed by atoms with Gasteiger partial charge >= 0.3 is 0 Å². The van der Waals surface area contributed by atoms with Gasteiger partial charge in [-0.25, -0.2) is 0 Å². The number of hydrogen-bond acceptors (Lipinski definition) is 3. The van der Waals surface area contributed by atoms with E-state index in [0.717, 1.165) is 13.0 Å². The molecule has 0 saturated heterocycles. The van der Waals surface area contributed by atoms with E-state index in [4.69, 9.17) is 0 Å². The van der Waals surface area contributed by atoms with Crippen LogP contribution in [-0.4, -0.2) is 6.54 Å². The Labute approximate surface area is 135 Å². The third kappa shape index (κ3) is 2.84. The molecule has 0 saturated carbocycles. The molecule has 2 heterocycles. The quantitative estimate of drug-likeness (QED) is 0.618. The number of likely N-dealkylation sites (N-methyl/N-ethyl adjacent to an activating group) is 1. The molecule has 3 aromatic rings. The van der Waals surface area contributed by atoms with Crippen molar-refractivity contribution in [3.05, 3.63) is 56.0 Å². The van der Waals surface area contributed by atoms with E-state index in [1.807, 2.05) is 22.7 Å². The van der Waals surface area contributed by atoms with Crippen molar-refractivity contribution >= 4 is 48.7 Å². The normalized spacial score (nSPS) is 12.9. The van der Waals surface area contributed by atoms with E-state index in [9.17, 15) is 0 Å². The maximum absolute atomic E-state index is 3.66. The highest BCUT2D eigenvalue weighted by molar-refractivity contribution is 9.10. The van der Waals surface area contributed by atoms with Crippen LogP contribution in [-0.2, 0) is 6.42 Å². The summed E-state index contributed by atoms with van der Waals surface area (Å²) in [4.78, 5) is 1.39. The summed E-state index contributed by atoms with van der Waals surface area (Å²) < 4.78 is 2.59. The Bertz CT molecular complexity index is 701. The topological polar surface area (TPSA) is 12.0 Å². The van der Waals surface area contributed by atoms with Crippen molar-refractivity contribution in [3.8, 4) is 0 Å². The van der Waals surface area contributed by atoms with Crippen LogP contribution in [0.15, 0.2) is 45.6 Å². The van der Waals surface area contributed by atoms with Gasteiger partial charge in [-0.3, -0.25) is 0 Å². The zero-order valence-corrected chi connectivity index (χ0v) is 14.4. The van der Waals surface area contributed by atoms with Crippen LogP contribution in [0, 0.1) is 0 Å². The summed E-state index contributed by atoms with van der Waals surface area (Å²) in [5.41, 5.74) is 1.44. The fraction of sp³-hybridized carbons (Fsp3) is 0.250. The van der Waals surface area contributed by atoms with Crippen LogP contribution in [0.25, 0.3) is 10.1 Å². The fourth-order valence-electron chi connectivity index (χ4n) is 2.47. The fourth-order valence-corrected chi connectivity index (χ4v) is 5.17. The third-order valence-corrected chi connectivity index (χ3v) is 6.39. The molecule has 0 bridgehead atoms. The maximum atomic E-state index is 3.66. The smallest absolute Gasteiger partial charge is 0.0467 e. The molecule has 2 aromatic heterocycles. The first-order chi connectivity index (χ1) is 9.79. The number of nitrogens with one attached hydrogen (secondary N) is 1. The highest BCUT2D eigenvalue weighted by Gasteiger charge is 2.17. The van der Waals surface area contributed by atoms with Gasteiger partial charge in [-0.15, -0.1) is 22.7 Å². The Morgan fingerprint density at radius 2 is 2.05 bits per heavy atom. The van der Waals surface area contributed by atoms with Crippen molar-refractivity contribution in [3.63, 3.8) is 0 Å². The summed E-state index contributed by atoms with van der Waals surface area (Å²) in [5.74, 6) is 0. The van der Waals surface area contributed by atoms with Crippen LogP contribution in [0.2, 0.25) is 0 Å². The minimum absolute atomic E-state index is 0.382. The van der Waals surface area contributed by atoms with Crippen LogP contribution < -0.4 is 5.32 Å². The van der Waals surface area contributed by atoms with Gasteiger partial charge in [-0.05, 0) is 62.7 Å². The molecule has 1 atom stereocenters.